The number of carbonyl (C=O) groups excluding carboxylic acids is 1. The molecule has 0 saturated carbocycles. The molecule has 3 aromatic rings. The molecule has 0 radical (unpaired) electrons. The number of benzene rings is 2. The number of pyridine rings is 1. The monoisotopic (exact) mass is 358 g/mol. The number of nitrogens with one attached hydrogen (secondary N) is 2. The number of anilines is 2. The molecule has 1 aromatic heterocycles. The lowest BCUT2D eigenvalue weighted by atomic mass is 10.1. The molecule has 2 aromatic carbocycles. The molecule has 27 heavy (non-hydrogen) atoms. The van der Waals surface area contributed by atoms with Crippen LogP contribution < -0.4 is 10.6 Å². The summed E-state index contributed by atoms with van der Waals surface area (Å²) in [7, 11) is 0. The van der Waals surface area contributed by atoms with Crippen LogP contribution in [0.15, 0.2) is 54.7 Å². The van der Waals surface area contributed by atoms with Crippen LogP contribution in [0.25, 0.3) is 10.9 Å². The van der Waals surface area contributed by atoms with Crippen LogP contribution in [0.3, 0.4) is 0 Å². The molecule has 1 unspecified atom stereocenters. The van der Waals surface area contributed by atoms with Crippen LogP contribution in [-0.4, -0.2) is 10.9 Å². The van der Waals surface area contributed by atoms with Gasteiger partial charge in [0.1, 0.15) is 6.07 Å². The van der Waals surface area contributed by atoms with Gasteiger partial charge < -0.3 is 10.6 Å². The maximum absolute atomic E-state index is 12.1. The van der Waals surface area contributed by atoms with Gasteiger partial charge in [0.15, 0.2) is 0 Å². The van der Waals surface area contributed by atoms with Crippen LogP contribution in [0.4, 0.5) is 11.4 Å². The third-order valence-corrected chi connectivity index (χ3v) is 4.62. The Labute approximate surface area is 159 Å². The maximum Gasteiger partial charge on any atom is 0.227 e. The van der Waals surface area contributed by atoms with Gasteiger partial charge in [0.2, 0.25) is 5.91 Å². The summed E-state index contributed by atoms with van der Waals surface area (Å²) in [5, 5.41) is 16.6. The predicted molar refractivity (Wildman–Crippen MR) is 108 cm³/mol. The summed E-state index contributed by atoms with van der Waals surface area (Å²) in [6, 6.07) is 17.7. The van der Waals surface area contributed by atoms with Crippen molar-refractivity contribution in [1.82, 2.24) is 4.98 Å². The van der Waals surface area contributed by atoms with E-state index >= 15 is 0 Å². The first-order chi connectivity index (χ1) is 13.1. The zero-order valence-electron chi connectivity index (χ0n) is 15.5. The van der Waals surface area contributed by atoms with Gasteiger partial charge in [-0.25, -0.2) is 0 Å². The number of hydrogen-bond donors (Lipinski definition) is 2. The topological polar surface area (TPSA) is 77.8 Å². The molecule has 136 valence electrons. The van der Waals surface area contributed by atoms with Crippen molar-refractivity contribution in [3.8, 4) is 6.07 Å². The number of aromatic nitrogens is 1. The third-order valence-electron chi connectivity index (χ3n) is 4.62. The van der Waals surface area contributed by atoms with Crippen LogP contribution in [0.1, 0.15) is 31.4 Å². The fourth-order valence-electron chi connectivity index (χ4n) is 2.82. The lowest BCUT2D eigenvalue weighted by molar-refractivity contribution is -0.119. The number of hydrogen-bond acceptors (Lipinski definition) is 4. The highest BCUT2D eigenvalue weighted by atomic mass is 16.1. The van der Waals surface area contributed by atoms with Gasteiger partial charge in [-0.15, -0.1) is 0 Å². The highest BCUT2D eigenvalue weighted by molar-refractivity contribution is 5.94. The quantitative estimate of drug-likeness (QED) is 0.669. The molecule has 0 aliphatic rings. The summed E-state index contributed by atoms with van der Waals surface area (Å²) in [6.07, 6.45) is 2.40. The molecule has 0 aliphatic heterocycles. The molecule has 1 amide bonds. The minimum absolute atomic E-state index is 0.0202. The Morgan fingerprint density at radius 3 is 2.81 bits per heavy atom. The summed E-state index contributed by atoms with van der Waals surface area (Å²) >= 11 is 0. The average molecular weight is 358 g/mol. The largest absolute Gasteiger partial charge is 0.379 e. The number of carbonyl (C=O) groups is 1. The normalized spacial score (nSPS) is 11.6. The van der Waals surface area contributed by atoms with Crippen molar-refractivity contribution in [2.75, 3.05) is 10.6 Å². The fraction of sp³-hybridized carbons (Fsp3) is 0.227. The summed E-state index contributed by atoms with van der Waals surface area (Å²) < 4.78 is 0. The zero-order valence-corrected chi connectivity index (χ0v) is 15.5. The third kappa shape index (κ3) is 4.24. The predicted octanol–water partition coefficient (Wildman–Crippen LogP) is 4.70. The van der Waals surface area contributed by atoms with E-state index in [2.05, 4.69) is 21.7 Å². The van der Waals surface area contributed by atoms with E-state index in [0.29, 0.717) is 12.1 Å². The van der Waals surface area contributed by atoms with Gasteiger partial charge >= 0.3 is 0 Å². The van der Waals surface area contributed by atoms with Gasteiger partial charge in [-0.1, -0.05) is 44.2 Å². The molecule has 3 rings (SSSR count). The molecule has 1 heterocycles. The Balaban J connectivity index is 1.80. The number of rotatable bonds is 6. The first kappa shape index (κ1) is 18.4. The van der Waals surface area contributed by atoms with E-state index in [4.69, 9.17) is 0 Å². The van der Waals surface area contributed by atoms with Crippen LogP contribution in [0, 0.1) is 17.2 Å². The first-order valence-corrected chi connectivity index (χ1v) is 9.04. The minimum atomic E-state index is -0.0202. The zero-order chi connectivity index (χ0) is 19.2. The number of nitriles is 1. The van der Waals surface area contributed by atoms with E-state index in [-0.39, 0.29) is 11.8 Å². The van der Waals surface area contributed by atoms with Crippen molar-refractivity contribution < 1.29 is 4.79 Å². The van der Waals surface area contributed by atoms with Crippen LogP contribution >= 0.6 is 0 Å². The lowest BCUT2D eigenvalue weighted by Gasteiger charge is -2.13. The summed E-state index contributed by atoms with van der Waals surface area (Å²) in [5.41, 5.74) is 3.92. The maximum atomic E-state index is 12.1. The molecule has 0 bridgehead atoms. The second-order valence-electron chi connectivity index (χ2n) is 6.53. The van der Waals surface area contributed by atoms with Crippen LogP contribution in [0.2, 0.25) is 0 Å². The molecular weight excluding hydrogens is 336 g/mol. The van der Waals surface area contributed by atoms with Gasteiger partial charge in [-0.05, 0) is 30.2 Å². The molecular formula is C22H22N4O. The fourth-order valence-corrected chi connectivity index (χ4v) is 2.82. The van der Waals surface area contributed by atoms with Gasteiger partial charge in [0.05, 0.1) is 16.8 Å². The minimum Gasteiger partial charge on any atom is -0.379 e. The van der Waals surface area contributed by atoms with Gasteiger partial charge in [0, 0.05) is 29.7 Å². The summed E-state index contributed by atoms with van der Waals surface area (Å²) in [6.45, 7) is 4.45. The van der Waals surface area contributed by atoms with Crippen molar-refractivity contribution in [3.63, 3.8) is 0 Å². The first-order valence-electron chi connectivity index (χ1n) is 9.04. The van der Waals surface area contributed by atoms with E-state index < -0.39 is 0 Å². The Morgan fingerprint density at radius 1 is 1.22 bits per heavy atom. The molecule has 0 spiro atoms. The van der Waals surface area contributed by atoms with E-state index in [1.165, 1.54) is 0 Å². The number of nitrogens with zero attached hydrogens (tertiary/aromatic N) is 2. The SMILES string of the molecule is CCC(C)C(=O)Nc1cccc(CNc2c(C#N)cnc3ccccc23)c1. The van der Waals surface area contributed by atoms with Gasteiger partial charge in [0.25, 0.3) is 0 Å². The van der Waals surface area contributed by atoms with Crippen LogP contribution in [0.5, 0.6) is 0 Å². The average Bonchev–Trinajstić information content (AvgIpc) is 2.71. The summed E-state index contributed by atoms with van der Waals surface area (Å²) in [4.78, 5) is 16.4. The standard InChI is InChI=1S/C22H22N4O/c1-3-15(2)22(27)26-18-8-6-7-16(11-18)13-25-21-17(12-23)14-24-20-10-5-4-9-19(20)21/h4-11,14-15H,3,13H2,1-2H3,(H,24,25)(H,26,27). The molecule has 5 heteroatoms. The molecule has 0 aliphatic carbocycles. The smallest absolute Gasteiger partial charge is 0.227 e. The molecule has 1 atom stereocenters. The van der Waals surface area contributed by atoms with E-state index in [1.54, 1.807) is 6.20 Å². The van der Waals surface area contributed by atoms with E-state index in [1.807, 2.05) is 62.4 Å². The highest BCUT2D eigenvalue weighted by Gasteiger charge is 2.11. The number of fused-ring (bicyclic) bond motifs is 1. The second-order valence-corrected chi connectivity index (χ2v) is 6.53. The van der Waals surface area contributed by atoms with Crippen molar-refractivity contribution in [3.05, 3.63) is 65.9 Å². The number of amides is 1. The Kier molecular flexibility index (Phi) is 5.68. The van der Waals surface area contributed by atoms with Gasteiger partial charge in [-0.2, -0.15) is 5.26 Å². The van der Waals surface area contributed by atoms with Crippen molar-refractivity contribution in [2.45, 2.75) is 26.8 Å². The van der Waals surface area contributed by atoms with Crippen molar-refractivity contribution >= 4 is 28.2 Å². The van der Waals surface area contributed by atoms with Crippen LogP contribution in [-0.2, 0) is 11.3 Å². The molecule has 0 saturated heterocycles. The molecule has 2 N–H and O–H groups in total. The number of para-hydroxylation sites is 1. The van der Waals surface area contributed by atoms with E-state index in [9.17, 15) is 10.1 Å². The second kappa shape index (κ2) is 8.33. The lowest BCUT2D eigenvalue weighted by Crippen LogP contribution is -2.19. The van der Waals surface area contributed by atoms with E-state index in [0.717, 1.165) is 34.3 Å². The van der Waals surface area contributed by atoms with Crippen molar-refractivity contribution in [2.24, 2.45) is 5.92 Å². The Morgan fingerprint density at radius 2 is 2.04 bits per heavy atom. The molecule has 5 nitrogen and oxygen atoms in total. The Bertz CT molecular complexity index is 1010. The van der Waals surface area contributed by atoms with Crippen molar-refractivity contribution in [1.29, 1.82) is 5.26 Å². The molecule has 0 fully saturated rings. The summed E-state index contributed by atoms with van der Waals surface area (Å²) in [5.74, 6) is 0.00246. The van der Waals surface area contributed by atoms with Gasteiger partial charge in [-0.3, -0.25) is 9.78 Å². The Hall–Kier alpha value is -3.39. The highest BCUT2D eigenvalue weighted by Crippen LogP contribution is 2.26.